The zero-order chi connectivity index (χ0) is 19.8. The van der Waals surface area contributed by atoms with E-state index in [0.717, 1.165) is 50.3 Å². The van der Waals surface area contributed by atoms with E-state index in [9.17, 15) is 4.79 Å². The van der Waals surface area contributed by atoms with Crippen LogP contribution in [0.4, 0.5) is 0 Å². The van der Waals surface area contributed by atoms with Gasteiger partial charge in [-0.15, -0.1) is 0 Å². The summed E-state index contributed by atoms with van der Waals surface area (Å²) < 4.78 is 5.83. The summed E-state index contributed by atoms with van der Waals surface area (Å²) in [5.74, 6) is 0.127. The van der Waals surface area contributed by atoms with Crippen LogP contribution in [0.5, 0.6) is 5.75 Å². The average molecular weight is 383 g/mol. The molecule has 0 amide bonds. The molecule has 0 aliphatic carbocycles. The second-order valence-electron chi connectivity index (χ2n) is 7.25. The van der Waals surface area contributed by atoms with Gasteiger partial charge in [0.15, 0.2) is 0 Å². The molecule has 1 aliphatic heterocycles. The highest BCUT2D eigenvalue weighted by molar-refractivity contribution is 5.69. The predicted octanol–water partition coefficient (Wildman–Crippen LogP) is 3.03. The van der Waals surface area contributed by atoms with E-state index < -0.39 is 5.97 Å². The SMILES string of the molecule is CCN(CC(=O)O)C1CCN(Cc2ccc(OCc3ccncc3)cc2)CC1. The molecule has 1 aromatic heterocycles. The Kier molecular flexibility index (Phi) is 7.39. The first-order valence-corrected chi connectivity index (χ1v) is 9.93. The third-order valence-electron chi connectivity index (χ3n) is 5.30. The van der Waals surface area contributed by atoms with Crippen LogP contribution in [0, 0.1) is 0 Å². The third kappa shape index (κ3) is 6.04. The molecular formula is C22H29N3O3. The van der Waals surface area contributed by atoms with Gasteiger partial charge >= 0.3 is 5.97 Å². The van der Waals surface area contributed by atoms with E-state index in [2.05, 4.69) is 26.9 Å². The van der Waals surface area contributed by atoms with Crippen LogP contribution in [-0.2, 0) is 17.9 Å². The number of pyridine rings is 1. The molecule has 1 aromatic carbocycles. The second-order valence-corrected chi connectivity index (χ2v) is 7.25. The van der Waals surface area contributed by atoms with Crippen molar-refractivity contribution >= 4 is 5.97 Å². The number of carboxylic acids is 1. The minimum Gasteiger partial charge on any atom is -0.489 e. The van der Waals surface area contributed by atoms with Crippen molar-refractivity contribution in [2.75, 3.05) is 26.2 Å². The maximum atomic E-state index is 11.0. The summed E-state index contributed by atoms with van der Waals surface area (Å²) in [6.07, 6.45) is 5.58. The molecule has 1 N–H and O–H groups in total. The van der Waals surface area contributed by atoms with E-state index in [-0.39, 0.29) is 6.54 Å². The summed E-state index contributed by atoms with van der Waals surface area (Å²) in [6, 6.07) is 12.6. The zero-order valence-corrected chi connectivity index (χ0v) is 16.5. The molecule has 6 heteroatoms. The summed E-state index contributed by atoms with van der Waals surface area (Å²) in [7, 11) is 0. The Bertz CT molecular complexity index is 728. The van der Waals surface area contributed by atoms with Crippen molar-refractivity contribution in [3.05, 3.63) is 59.9 Å². The third-order valence-corrected chi connectivity index (χ3v) is 5.30. The number of benzene rings is 1. The number of hydrogen-bond acceptors (Lipinski definition) is 5. The number of likely N-dealkylation sites (tertiary alicyclic amines) is 1. The predicted molar refractivity (Wildman–Crippen MR) is 108 cm³/mol. The molecule has 3 rings (SSSR count). The van der Waals surface area contributed by atoms with Crippen molar-refractivity contribution in [1.29, 1.82) is 0 Å². The average Bonchev–Trinajstić information content (AvgIpc) is 2.73. The number of likely N-dealkylation sites (N-methyl/N-ethyl adjacent to an activating group) is 1. The maximum absolute atomic E-state index is 11.0. The number of carboxylic acid groups (broad SMARTS) is 1. The fourth-order valence-corrected chi connectivity index (χ4v) is 3.71. The molecule has 28 heavy (non-hydrogen) atoms. The first-order chi connectivity index (χ1) is 13.6. The van der Waals surface area contributed by atoms with Crippen LogP contribution < -0.4 is 4.74 Å². The van der Waals surface area contributed by atoms with E-state index in [1.54, 1.807) is 12.4 Å². The van der Waals surface area contributed by atoms with Gasteiger partial charge in [-0.1, -0.05) is 19.1 Å². The van der Waals surface area contributed by atoms with Crippen molar-refractivity contribution in [2.24, 2.45) is 0 Å². The Balaban J connectivity index is 1.44. The zero-order valence-electron chi connectivity index (χ0n) is 16.5. The van der Waals surface area contributed by atoms with Gasteiger partial charge in [0, 0.05) is 25.0 Å². The summed E-state index contributed by atoms with van der Waals surface area (Å²) in [5, 5.41) is 9.05. The molecule has 2 heterocycles. The number of aliphatic carboxylic acids is 1. The summed E-state index contributed by atoms with van der Waals surface area (Å²) in [4.78, 5) is 19.5. The van der Waals surface area contributed by atoms with Gasteiger partial charge in [-0.25, -0.2) is 0 Å². The van der Waals surface area contributed by atoms with E-state index in [1.165, 1.54) is 5.56 Å². The Morgan fingerprint density at radius 1 is 1.14 bits per heavy atom. The van der Waals surface area contributed by atoms with Gasteiger partial charge in [-0.05, 0) is 67.9 Å². The number of nitrogens with zero attached hydrogens (tertiary/aromatic N) is 3. The van der Waals surface area contributed by atoms with Crippen LogP contribution in [0.2, 0.25) is 0 Å². The fraction of sp³-hybridized carbons (Fsp3) is 0.455. The molecule has 0 bridgehead atoms. The molecule has 1 saturated heterocycles. The summed E-state index contributed by atoms with van der Waals surface area (Å²) >= 11 is 0. The Morgan fingerprint density at radius 2 is 1.82 bits per heavy atom. The van der Waals surface area contributed by atoms with Gasteiger partial charge in [0.2, 0.25) is 0 Å². The van der Waals surface area contributed by atoms with E-state index >= 15 is 0 Å². The number of aromatic nitrogens is 1. The normalized spacial score (nSPS) is 15.6. The van der Waals surface area contributed by atoms with Gasteiger partial charge in [-0.2, -0.15) is 0 Å². The maximum Gasteiger partial charge on any atom is 0.317 e. The van der Waals surface area contributed by atoms with Gasteiger partial charge in [0.1, 0.15) is 12.4 Å². The monoisotopic (exact) mass is 383 g/mol. The van der Waals surface area contributed by atoms with Gasteiger partial charge in [0.05, 0.1) is 6.54 Å². The first-order valence-electron chi connectivity index (χ1n) is 9.93. The summed E-state index contributed by atoms with van der Waals surface area (Å²) in [6.45, 7) is 6.43. The van der Waals surface area contributed by atoms with E-state index in [0.29, 0.717) is 12.6 Å². The Hall–Kier alpha value is -2.44. The first kappa shape index (κ1) is 20.3. The van der Waals surface area contributed by atoms with Gasteiger partial charge in [0.25, 0.3) is 0 Å². The van der Waals surface area contributed by atoms with E-state index in [4.69, 9.17) is 9.84 Å². The van der Waals surface area contributed by atoms with Gasteiger partial charge < -0.3 is 9.84 Å². The lowest BCUT2D eigenvalue weighted by molar-refractivity contribution is -0.139. The second kappa shape index (κ2) is 10.2. The molecule has 0 spiro atoms. The number of rotatable bonds is 9. The molecule has 0 atom stereocenters. The highest BCUT2D eigenvalue weighted by Gasteiger charge is 2.24. The number of carbonyl (C=O) groups is 1. The molecule has 0 saturated carbocycles. The van der Waals surface area contributed by atoms with E-state index in [1.807, 2.05) is 31.2 Å². The minimum absolute atomic E-state index is 0.141. The lowest BCUT2D eigenvalue weighted by Crippen LogP contribution is -2.46. The number of piperidine rings is 1. The molecule has 1 aliphatic rings. The number of ether oxygens (including phenoxy) is 1. The Morgan fingerprint density at radius 3 is 2.43 bits per heavy atom. The molecule has 1 fully saturated rings. The quantitative estimate of drug-likeness (QED) is 0.718. The fourth-order valence-electron chi connectivity index (χ4n) is 3.71. The molecule has 0 unspecified atom stereocenters. The van der Waals surface area contributed by atoms with Crippen molar-refractivity contribution in [3.8, 4) is 5.75 Å². The standard InChI is InChI=1S/C22H29N3O3/c1-2-25(16-22(26)27)20-9-13-24(14-10-20)15-18-3-5-21(6-4-18)28-17-19-7-11-23-12-8-19/h3-8,11-12,20H,2,9-10,13-17H2,1H3,(H,26,27). The van der Waals surface area contributed by atoms with Crippen LogP contribution in [0.1, 0.15) is 30.9 Å². The molecule has 6 nitrogen and oxygen atoms in total. The molecule has 0 radical (unpaired) electrons. The van der Waals surface area contributed by atoms with Crippen LogP contribution in [0.3, 0.4) is 0 Å². The smallest absolute Gasteiger partial charge is 0.317 e. The van der Waals surface area contributed by atoms with Crippen LogP contribution in [0.25, 0.3) is 0 Å². The van der Waals surface area contributed by atoms with Gasteiger partial charge in [-0.3, -0.25) is 19.6 Å². The highest BCUT2D eigenvalue weighted by atomic mass is 16.5. The van der Waals surface area contributed by atoms with Crippen molar-refractivity contribution in [3.63, 3.8) is 0 Å². The molecule has 2 aromatic rings. The minimum atomic E-state index is -0.740. The van der Waals surface area contributed by atoms with Crippen LogP contribution in [-0.4, -0.2) is 58.1 Å². The largest absolute Gasteiger partial charge is 0.489 e. The topological polar surface area (TPSA) is 65.9 Å². The van der Waals surface area contributed by atoms with Crippen LogP contribution >= 0.6 is 0 Å². The van der Waals surface area contributed by atoms with Crippen molar-refractivity contribution in [2.45, 2.75) is 39.0 Å². The molecule has 150 valence electrons. The van der Waals surface area contributed by atoms with Crippen LogP contribution in [0.15, 0.2) is 48.8 Å². The molecular weight excluding hydrogens is 354 g/mol. The van der Waals surface area contributed by atoms with Crippen molar-refractivity contribution in [1.82, 2.24) is 14.8 Å². The van der Waals surface area contributed by atoms with Crippen molar-refractivity contribution < 1.29 is 14.6 Å². The summed E-state index contributed by atoms with van der Waals surface area (Å²) in [5.41, 5.74) is 2.37. The highest BCUT2D eigenvalue weighted by Crippen LogP contribution is 2.20. The lowest BCUT2D eigenvalue weighted by atomic mass is 10.0. The Labute approximate surface area is 166 Å². The number of hydrogen-bond donors (Lipinski definition) is 1. The lowest BCUT2D eigenvalue weighted by Gasteiger charge is -2.37.